The largest absolute Gasteiger partial charge is 0.388 e. The smallest absolute Gasteiger partial charge is 0.205 e. The van der Waals surface area contributed by atoms with Crippen LogP contribution < -0.4 is 0 Å². The number of ketones is 2. The summed E-state index contributed by atoms with van der Waals surface area (Å²) in [7, 11) is 0. The summed E-state index contributed by atoms with van der Waals surface area (Å²) in [5.41, 5.74) is -3.53. The molecule has 0 saturated heterocycles. The van der Waals surface area contributed by atoms with Gasteiger partial charge in [0.05, 0.1) is 18.6 Å². The first kappa shape index (κ1) is 23.8. The second kappa shape index (κ2) is 7.57. The van der Waals surface area contributed by atoms with Gasteiger partial charge in [0.25, 0.3) is 0 Å². The van der Waals surface area contributed by atoms with Gasteiger partial charge < -0.3 is 25.2 Å². The average molecular weight is 449 g/mol. The van der Waals surface area contributed by atoms with Gasteiger partial charge in [-0.1, -0.05) is 27.2 Å². The van der Waals surface area contributed by atoms with Gasteiger partial charge in [-0.2, -0.15) is 0 Å². The Hall–Kier alpha value is -1.38. The molecule has 4 N–H and O–H groups in total. The van der Waals surface area contributed by atoms with E-state index < -0.39 is 52.5 Å². The Morgan fingerprint density at radius 3 is 2.47 bits per heavy atom. The van der Waals surface area contributed by atoms with Crippen LogP contribution in [0.5, 0.6) is 0 Å². The molecule has 0 aromatic heterocycles. The molecule has 3 aliphatic carbocycles. The number of aliphatic hydroxyl groups excluding tert-OH is 1. The Morgan fingerprint density at radius 1 is 1.22 bits per heavy atom. The molecular formula is C25H36O7. The van der Waals surface area contributed by atoms with Crippen LogP contribution in [0.3, 0.4) is 0 Å². The maximum atomic E-state index is 14.0. The summed E-state index contributed by atoms with van der Waals surface area (Å²) in [4.78, 5) is 26.5. The van der Waals surface area contributed by atoms with Crippen molar-refractivity contribution in [1.82, 2.24) is 0 Å². The average Bonchev–Trinajstić information content (AvgIpc) is 3.23. The number of hydrogen-bond donors (Lipinski definition) is 4. The number of ether oxygens (including phenoxy) is 1. The Kier molecular flexibility index (Phi) is 5.62. The van der Waals surface area contributed by atoms with Crippen LogP contribution in [0, 0.1) is 35.5 Å². The highest BCUT2D eigenvalue weighted by molar-refractivity contribution is 6.00. The van der Waals surface area contributed by atoms with E-state index in [9.17, 15) is 30.0 Å². The van der Waals surface area contributed by atoms with Crippen LogP contribution in [0.25, 0.3) is 0 Å². The van der Waals surface area contributed by atoms with Crippen molar-refractivity contribution in [2.24, 2.45) is 35.5 Å². The second-order valence-electron chi connectivity index (χ2n) is 10.9. The number of allylic oxidation sites excluding steroid dienone is 1. The lowest BCUT2D eigenvalue weighted by molar-refractivity contribution is -0.381. The third-order valence-corrected chi connectivity index (χ3v) is 8.86. The van der Waals surface area contributed by atoms with Gasteiger partial charge in [-0.15, -0.1) is 0 Å². The predicted octanol–water partition coefficient (Wildman–Crippen LogP) is 1.53. The fourth-order valence-electron chi connectivity index (χ4n) is 7.12. The van der Waals surface area contributed by atoms with Gasteiger partial charge in [-0.05, 0) is 61.8 Å². The molecule has 10 atom stereocenters. The van der Waals surface area contributed by atoms with Crippen LogP contribution in [-0.4, -0.2) is 61.7 Å². The van der Waals surface area contributed by atoms with E-state index in [1.165, 1.54) is 12.2 Å². The molecule has 0 bridgehead atoms. The van der Waals surface area contributed by atoms with Crippen molar-refractivity contribution in [3.8, 4) is 0 Å². The predicted molar refractivity (Wildman–Crippen MR) is 116 cm³/mol. The quantitative estimate of drug-likeness (QED) is 0.481. The Balaban J connectivity index is 1.77. The standard InChI is InChI=1S/C25H36O7/c1-12-10-23(29)24(30,22(28)15(4)8-18-19(26)9-14(3)21(18)27)20-13(2)6-7-17(20)16(5)25(23,31)32-11-12/h9-10,13,15-20,26,29-31H,6-8,11H2,1-5H3/t13-,15+,16-,17-,18+,19-,20+,23-,24-,25-/m1/s1. The van der Waals surface area contributed by atoms with E-state index in [-0.39, 0.29) is 30.6 Å². The van der Waals surface area contributed by atoms with Gasteiger partial charge in [0.2, 0.25) is 5.79 Å². The fraction of sp³-hybridized carbons (Fsp3) is 0.760. The number of Topliss-reactive ketones (excluding diaryl/α,β-unsaturated/α-hetero) is 2. The van der Waals surface area contributed by atoms with Gasteiger partial charge in [-0.3, -0.25) is 9.59 Å². The lowest BCUT2D eigenvalue weighted by Gasteiger charge is -2.62. The van der Waals surface area contributed by atoms with Crippen molar-refractivity contribution in [3.05, 3.63) is 23.3 Å². The highest BCUT2D eigenvalue weighted by Crippen LogP contribution is 2.62. The van der Waals surface area contributed by atoms with Crippen LogP contribution >= 0.6 is 0 Å². The maximum Gasteiger partial charge on any atom is 0.205 e. The van der Waals surface area contributed by atoms with Crippen molar-refractivity contribution in [2.75, 3.05) is 6.61 Å². The van der Waals surface area contributed by atoms with Gasteiger partial charge in [0, 0.05) is 17.8 Å². The zero-order chi connectivity index (χ0) is 23.8. The molecule has 0 amide bonds. The summed E-state index contributed by atoms with van der Waals surface area (Å²) in [5, 5.41) is 46.1. The number of rotatable bonds is 4. The monoisotopic (exact) mass is 448 g/mol. The van der Waals surface area contributed by atoms with Gasteiger partial charge >= 0.3 is 0 Å². The van der Waals surface area contributed by atoms with E-state index in [4.69, 9.17) is 4.74 Å². The summed E-state index contributed by atoms with van der Waals surface area (Å²) in [5.74, 6) is -5.82. The third kappa shape index (κ3) is 2.91. The third-order valence-electron chi connectivity index (χ3n) is 8.86. The normalized spacial score (nSPS) is 49.2. The number of fused-ring (bicyclic) bond motifs is 2. The number of aliphatic hydroxyl groups is 4. The minimum Gasteiger partial charge on any atom is -0.388 e. The molecule has 4 rings (SSSR count). The molecule has 1 heterocycles. The molecule has 1 aliphatic heterocycles. The SMILES string of the molecule is CC1=C[C@]2(O)[C@](O)(OC1)[C@H](C)[C@H]1CC[C@@H](C)[C@@H]1[C@@]2(O)C(=O)[C@@H](C)C[C@@H]1C(=O)C(C)=C[C@H]1O. The lowest BCUT2D eigenvalue weighted by Crippen LogP contribution is -2.81. The highest BCUT2D eigenvalue weighted by Gasteiger charge is 2.77. The molecule has 0 spiro atoms. The first-order valence-electron chi connectivity index (χ1n) is 11.7. The Bertz CT molecular complexity index is 893. The van der Waals surface area contributed by atoms with E-state index >= 15 is 0 Å². The van der Waals surface area contributed by atoms with Gasteiger partial charge in [0.15, 0.2) is 22.8 Å². The van der Waals surface area contributed by atoms with Crippen LogP contribution in [0.2, 0.25) is 0 Å². The van der Waals surface area contributed by atoms with Crippen molar-refractivity contribution in [2.45, 2.75) is 77.0 Å². The molecule has 2 fully saturated rings. The summed E-state index contributed by atoms with van der Waals surface area (Å²) < 4.78 is 5.77. The topological polar surface area (TPSA) is 124 Å². The van der Waals surface area contributed by atoms with E-state index in [0.717, 1.165) is 6.42 Å². The van der Waals surface area contributed by atoms with E-state index in [0.29, 0.717) is 17.6 Å². The molecule has 4 aliphatic rings. The molecule has 7 heteroatoms. The molecule has 0 aromatic carbocycles. The summed E-state index contributed by atoms with van der Waals surface area (Å²) >= 11 is 0. The van der Waals surface area contributed by atoms with Gasteiger partial charge in [0.1, 0.15) is 0 Å². The van der Waals surface area contributed by atoms with Crippen LogP contribution in [0.4, 0.5) is 0 Å². The molecule has 0 aromatic rings. The fourth-order valence-corrected chi connectivity index (χ4v) is 7.12. The Morgan fingerprint density at radius 2 is 1.88 bits per heavy atom. The molecule has 7 nitrogen and oxygen atoms in total. The van der Waals surface area contributed by atoms with E-state index in [1.807, 2.05) is 13.8 Å². The number of carbonyl (C=O) groups is 2. The minimum absolute atomic E-state index is 0.0459. The molecule has 178 valence electrons. The van der Waals surface area contributed by atoms with Crippen molar-refractivity contribution >= 4 is 11.6 Å². The zero-order valence-electron chi connectivity index (χ0n) is 19.5. The van der Waals surface area contributed by atoms with Crippen LogP contribution in [0.15, 0.2) is 23.3 Å². The second-order valence-corrected chi connectivity index (χ2v) is 10.9. The van der Waals surface area contributed by atoms with E-state index in [1.54, 1.807) is 20.8 Å². The van der Waals surface area contributed by atoms with Crippen molar-refractivity contribution in [1.29, 1.82) is 0 Å². The molecule has 0 unspecified atom stereocenters. The molecule has 32 heavy (non-hydrogen) atoms. The number of hydrogen-bond acceptors (Lipinski definition) is 7. The summed E-state index contributed by atoms with van der Waals surface area (Å²) in [6.45, 7) is 8.85. The molecule has 2 saturated carbocycles. The van der Waals surface area contributed by atoms with Crippen LogP contribution in [0.1, 0.15) is 53.9 Å². The van der Waals surface area contributed by atoms with Crippen molar-refractivity contribution < 1.29 is 34.8 Å². The minimum atomic E-state index is -2.32. The van der Waals surface area contributed by atoms with Crippen molar-refractivity contribution in [3.63, 3.8) is 0 Å². The van der Waals surface area contributed by atoms with Gasteiger partial charge in [-0.25, -0.2) is 0 Å². The molecular weight excluding hydrogens is 412 g/mol. The lowest BCUT2D eigenvalue weighted by atomic mass is 9.51. The molecule has 0 radical (unpaired) electrons. The first-order valence-corrected chi connectivity index (χ1v) is 11.7. The number of carbonyl (C=O) groups excluding carboxylic acids is 2. The maximum absolute atomic E-state index is 14.0. The highest BCUT2D eigenvalue weighted by atomic mass is 16.6. The first-order chi connectivity index (χ1) is 14.8. The summed E-state index contributed by atoms with van der Waals surface area (Å²) in [6, 6.07) is 0. The summed E-state index contributed by atoms with van der Waals surface area (Å²) in [6.07, 6.45) is 3.45. The zero-order valence-corrected chi connectivity index (χ0v) is 19.5. The Labute approximate surface area is 189 Å². The van der Waals surface area contributed by atoms with E-state index in [2.05, 4.69) is 0 Å². The van der Waals surface area contributed by atoms with Crippen LogP contribution in [-0.2, 0) is 14.3 Å².